The second-order valence-electron chi connectivity index (χ2n) is 4.93. The molecule has 2 aromatic rings. The summed E-state index contributed by atoms with van der Waals surface area (Å²) in [6.07, 6.45) is 1.58. The van der Waals surface area contributed by atoms with Gasteiger partial charge in [-0.25, -0.2) is 14.8 Å². The van der Waals surface area contributed by atoms with Gasteiger partial charge in [-0.05, 0) is 22.9 Å². The number of hydrogen-bond acceptors (Lipinski definition) is 5. The summed E-state index contributed by atoms with van der Waals surface area (Å²) in [5, 5.41) is 0. The van der Waals surface area contributed by atoms with Crippen molar-refractivity contribution >= 4 is 27.2 Å². The van der Waals surface area contributed by atoms with Crippen molar-refractivity contribution in [2.45, 2.75) is 13.0 Å². The van der Waals surface area contributed by atoms with E-state index in [-0.39, 0.29) is 11.7 Å². The van der Waals surface area contributed by atoms with E-state index in [1.165, 1.54) is 0 Å². The van der Waals surface area contributed by atoms with Gasteiger partial charge >= 0.3 is 5.69 Å². The Morgan fingerprint density at radius 1 is 1.50 bits per heavy atom. The monoisotopic (exact) mass is 341 g/mol. The highest BCUT2D eigenvalue weighted by Gasteiger charge is 2.19. The number of imidazole rings is 1. The van der Waals surface area contributed by atoms with Crippen molar-refractivity contribution in [3.05, 3.63) is 21.3 Å². The number of H-pyrrole nitrogens is 1. The van der Waals surface area contributed by atoms with E-state index < -0.39 is 0 Å². The molecule has 0 aromatic carbocycles. The van der Waals surface area contributed by atoms with Crippen LogP contribution in [0.2, 0.25) is 0 Å². The number of nitrogens with zero attached hydrogens (tertiary/aromatic N) is 4. The summed E-state index contributed by atoms with van der Waals surface area (Å²) in [7, 11) is 0. The highest BCUT2D eigenvalue weighted by atomic mass is 79.9. The lowest BCUT2D eigenvalue weighted by atomic mass is 10.3. The maximum absolute atomic E-state index is 12.1. The molecule has 0 unspecified atom stereocenters. The van der Waals surface area contributed by atoms with Crippen molar-refractivity contribution in [2.24, 2.45) is 0 Å². The average molecular weight is 342 g/mol. The molecular weight excluding hydrogens is 326 g/mol. The average Bonchev–Trinajstić information content (AvgIpc) is 2.75. The zero-order valence-electron chi connectivity index (χ0n) is 11.2. The molecule has 2 aromatic heterocycles. The van der Waals surface area contributed by atoms with Crippen LogP contribution >= 0.6 is 15.9 Å². The van der Waals surface area contributed by atoms with Crippen molar-refractivity contribution < 1.29 is 4.74 Å². The molecule has 3 heterocycles. The van der Waals surface area contributed by atoms with E-state index in [9.17, 15) is 4.79 Å². The Kier molecular flexibility index (Phi) is 3.86. The Morgan fingerprint density at radius 2 is 2.25 bits per heavy atom. The maximum atomic E-state index is 12.1. The number of rotatable bonds is 3. The molecule has 1 fully saturated rings. The van der Waals surface area contributed by atoms with Crippen molar-refractivity contribution in [3.8, 4) is 0 Å². The summed E-state index contributed by atoms with van der Waals surface area (Å²) in [5.74, 6) is 0. The number of ether oxygens (including phenoxy) is 1. The fourth-order valence-corrected chi connectivity index (χ4v) is 2.79. The number of aromatic amines is 1. The van der Waals surface area contributed by atoms with Crippen LogP contribution in [0.5, 0.6) is 0 Å². The third-order valence-corrected chi connectivity index (χ3v) is 3.85. The second-order valence-corrected chi connectivity index (χ2v) is 5.74. The Morgan fingerprint density at radius 3 is 3.00 bits per heavy atom. The lowest BCUT2D eigenvalue weighted by Gasteiger charge is -2.29. The molecule has 8 heteroatoms. The van der Waals surface area contributed by atoms with E-state index in [0.717, 1.165) is 32.8 Å². The zero-order chi connectivity index (χ0) is 14.1. The highest BCUT2D eigenvalue weighted by molar-refractivity contribution is 9.10. The van der Waals surface area contributed by atoms with E-state index in [4.69, 9.17) is 4.74 Å². The molecule has 0 bridgehead atoms. The lowest BCUT2D eigenvalue weighted by molar-refractivity contribution is 0.0326. The van der Waals surface area contributed by atoms with Gasteiger partial charge in [0.1, 0.15) is 4.60 Å². The molecule has 0 aliphatic carbocycles. The third kappa shape index (κ3) is 2.63. The van der Waals surface area contributed by atoms with Crippen LogP contribution in [0, 0.1) is 0 Å². The van der Waals surface area contributed by atoms with Gasteiger partial charge in [-0.2, -0.15) is 0 Å². The van der Waals surface area contributed by atoms with Gasteiger partial charge in [0, 0.05) is 19.6 Å². The van der Waals surface area contributed by atoms with Crippen LogP contribution in [-0.2, 0) is 4.74 Å². The van der Waals surface area contributed by atoms with Gasteiger partial charge in [0.05, 0.1) is 25.5 Å². The van der Waals surface area contributed by atoms with Gasteiger partial charge < -0.3 is 4.74 Å². The van der Waals surface area contributed by atoms with E-state index in [2.05, 4.69) is 35.8 Å². The molecular formula is C12H16BrN5O2. The van der Waals surface area contributed by atoms with E-state index in [1.54, 1.807) is 10.8 Å². The number of fused-ring (bicyclic) bond motifs is 1. The van der Waals surface area contributed by atoms with Crippen molar-refractivity contribution in [3.63, 3.8) is 0 Å². The maximum Gasteiger partial charge on any atom is 0.329 e. The molecule has 1 aliphatic heterocycles. The predicted octanol–water partition coefficient (Wildman–Crippen LogP) is 0.775. The second kappa shape index (κ2) is 5.63. The molecule has 3 rings (SSSR count). The fourth-order valence-electron chi connectivity index (χ4n) is 2.52. The lowest BCUT2D eigenvalue weighted by Crippen LogP contribution is -2.40. The van der Waals surface area contributed by atoms with Crippen LogP contribution in [0.3, 0.4) is 0 Å². The first kappa shape index (κ1) is 13.7. The zero-order valence-corrected chi connectivity index (χ0v) is 12.8. The molecule has 7 nitrogen and oxygen atoms in total. The number of morpholine rings is 1. The minimum atomic E-state index is -0.168. The van der Waals surface area contributed by atoms with Gasteiger partial charge in [0.2, 0.25) is 0 Å². The first-order valence-corrected chi connectivity index (χ1v) is 7.37. The summed E-state index contributed by atoms with van der Waals surface area (Å²) in [4.78, 5) is 25.7. The number of hydrogen-bond donors (Lipinski definition) is 1. The fraction of sp³-hybridized carbons (Fsp3) is 0.583. The summed E-state index contributed by atoms with van der Waals surface area (Å²) in [6.45, 7) is 6.12. The number of nitrogens with one attached hydrogen (secondary N) is 1. The summed E-state index contributed by atoms with van der Waals surface area (Å²) in [5.41, 5.74) is 0.941. The summed E-state index contributed by atoms with van der Waals surface area (Å²) < 4.78 is 7.63. The van der Waals surface area contributed by atoms with Gasteiger partial charge in [-0.3, -0.25) is 14.5 Å². The first-order chi connectivity index (χ1) is 9.65. The normalized spacial score (nSPS) is 18.5. The molecule has 1 saturated heterocycles. The molecule has 0 saturated carbocycles. The van der Waals surface area contributed by atoms with Crippen LogP contribution in [0.4, 0.5) is 0 Å². The summed E-state index contributed by atoms with van der Waals surface area (Å²) >= 11 is 3.29. The smallest absolute Gasteiger partial charge is 0.329 e. The molecule has 20 heavy (non-hydrogen) atoms. The van der Waals surface area contributed by atoms with E-state index >= 15 is 0 Å². The van der Waals surface area contributed by atoms with Crippen LogP contribution < -0.4 is 5.69 Å². The topological polar surface area (TPSA) is 76.0 Å². The van der Waals surface area contributed by atoms with Gasteiger partial charge in [0.15, 0.2) is 11.3 Å². The predicted molar refractivity (Wildman–Crippen MR) is 77.8 cm³/mol. The van der Waals surface area contributed by atoms with Crippen molar-refractivity contribution in [2.75, 3.05) is 32.8 Å². The van der Waals surface area contributed by atoms with Crippen LogP contribution in [-0.4, -0.2) is 57.3 Å². The Bertz CT molecular complexity index is 661. The Labute approximate surface area is 124 Å². The van der Waals surface area contributed by atoms with Crippen molar-refractivity contribution in [1.82, 2.24) is 24.4 Å². The molecule has 1 aliphatic rings. The Hall–Kier alpha value is -1.25. The standard InChI is InChI=1S/C12H16BrN5O2/c1-8(7-17-2-4-20-5-3-17)18-11-10(16-12(18)19)14-6-9(13)15-11/h6,8H,2-5,7H2,1H3,(H,14,16,19)/t8-/m0/s1. The van der Waals surface area contributed by atoms with Crippen LogP contribution in [0.25, 0.3) is 11.3 Å². The highest BCUT2D eigenvalue weighted by Crippen LogP contribution is 2.15. The summed E-state index contributed by atoms with van der Waals surface area (Å²) in [6, 6.07) is 0.0259. The largest absolute Gasteiger partial charge is 0.379 e. The minimum Gasteiger partial charge on any atom is -0.379 e. The van der Waals surface area contributed by atoms with Crippen molar-refractivity contribution in [1.29, 1.82) is 0 Å². The van der Waals surface area contributed by atoms with E-state index in [0.29, 0.717) is 15.9 Å². The van der Waals surface area contributed by atoms with Crippen LogP contribution in [0.1, 0.15) is 13.0 Å². The van der Waals surface area contributed by atoms with E-state index in [1.807, 2.05) is 6.92 Å². The van der Waals surface area contributed by atoms with Gasteiger partial charge in [0.25, 0.3) is 0 Å². The molecule has 1 N–H and O–H groups in total. The Balaban J connectivity index is 1.90. The first-order valence-electron chi connectivity index (χ1n) is 6.58. The van der Waals surface area contributed by atoms with Gasteiger partial charge in [-0.1, -0.05) is 0 Å². The molecule has 0 radical (unpaired) electrons. The quantitative estimate of drug-likeness (QED) is 0.892. The SMILES string of the molecule is C[C@@H](CN1CCOCC1)n1c(=O)[nH]c2ncc(Br)nc21. The molecule has 0 amide bonds. The minimum absolute atomic E-state index is 0.0259. The molecule has 1 atom stereocenters. The van der Waals surface area contributed by atoms with Crippen LogP contribution in [0.15, 0.2) is 15.6 Å². The number of halogens is 1. The molecule has 0 spiro atoms. The number of aromatic nitrogens is 4. The third-order valence-electron chi connectivity index (χ3n) is 3.46. The van der Waals surface area contributed by atoms with Gasteiger partial charge in [-0.15, -0.1) is 0 Å². The molecule has 108 valence electrons.